The second-order valence-electron chi connectivity index (χ2n) is 4.05. The molecule has 2 aromatic carbocycles. The van der Waals surface area contributed by atoms with Crippen molar-refractivity contribution in [1.82, 2.24) is 0 Å². The number of rotatable bonds is 4. The second kappa shape index (κ2) is 6.01. The van der Waals surface area contributed by atoms with Crippen LogP contribution >= 0.6 is 0 Å². The van der Waals surface area contributed by atoms with E-state index in [4.69, 9.17) is 4.74 Å². The van der Waals surface area contributed by atoms with Gasteiger partial charge in [-0.25, -0.2) is 0 Å². The lowest BCUT2D eigenvalue weighted by molar-refractivity contribution is 0.415. The molecular formula is C16H17NO. The Kier molecular flexibility index (Phi) is 4.13. The summed E-state index contributed by atoms with van der Waals surface area (Å²) < 4.78 is 5.11. The highest BCUT2D eigenvalue weighted by molar-refractivity contribution is 5.82. The van der Waals surface area contributed by atoms with Gasteiger partial charge in [0.05, 0.1) is 12.8 Å². The van der Waals surface area contributed by atoms with Gasteiger partial charge in [0.1, 0.15) is 5.75 Å². The topological polar surface area (TPSA) is 21.6 Å². The molecule has 0 atom stereocenters. The lowest BCUT2D eigenvalue weighted by Crippen LogP contribution is -1.84. The molecular weight excluding hydrogens is 222 g/mol. The summed E-state index contributed by atoms with van der Waals surface area (Å²) in [5, 5.41) is 0. The summed E-state index contributed by atoms with van der Waals surface area (Å²) in [7, 11) is 1.67. The molecule has 0 radical (unpaired) electrons. The normalized spacial score (nSPS) is 10.8. The lowest BCUT2D eigenvalue weighted by atomic mass is 10.1. The molecule has 0 amide bonds. The zero-order valence-electron chi connectivity index (χ0n) is 10.8. The van der Waals surface area contributed by atoms with E-state index in [1.54, 1.807) is 7.11 Å². The number of nitrogens with zero attached hydrogens (tertiary/aromatic N) is 1. The number of hydrogen-bond acceptors (Lipinski definition) is 2. The van der Waals surface area contributed by atoms with E-state index in [0.717, 1.165) is 23.4 Å². The molecule has 0 aliphatic carbocycles. The van der Waals surface area contributed by atoms with Gasteiger partial charge in [0.25, 0.3) is 0 Å². The number of aliphatic imine (C=N–C) groups is 1. The molecule has 18 heavy (non-hydrogen) atoms. The molecule has 0 N–H and O–H groups in total. The standard InChI is InChI=1S/C16H17NO/c1-3-13-4-8-15(9-5-13)17-12-14-6-10-16(18-2)11-7-14/h4-12H,3H2,1-2H3. The Labute approximate surface area is 108 Å². The first kappa shape index (κ1) is 12.4. The summed E-state index contributed by atoms with van der Waals surface area (Å²) in [4.78, 5) is 4.44. The van der Waals surface area contributed by atoms with Crippen molar-refractivity contribution in [1.29, 1.82) is 0 Å². The average molecular weight is 239 g/mol. The van der Waals surface area contributed by atoms with Gasteiger partial charge >= 0.3 is 0 Å². The molecule has 2 nitrogen and oxygen atoms in total. The molecule has 0 saturated heterocycles. The van der Waals surface area contributed by atoms with Crippen molar-refractivity contribution in [2.24, 2.45) is 4.99 Å². The predicted octanol–water partition coefficient (Wildman–Crippen LogP) is 4.01. The molecule has 2 rings (SSSR count). The van der Waals surface area contributed by atoms with E-state index in [1.807, 2.05) is 42.6 Å². The maximum atomic E-state index is 5.11. The van der Waals surface area contributed by atoms with Gasteiger partial charge in [-0.05, 0) is 53.9 Å². The fourth-order valence-corrected chi connectivity index (χ4v) is 1.66. The van der Waals surface area contributed by atoms with Crippen LogP contribution in [0.5, 0.6) is 5.75 Å². The van der Waals surface area contributed by atoms with Crippen molar-refractivity contribution >= 4 is 11.9 Å². The van der Waals surface area contributed by atoms with Crippen molar-refractivity contribution in [3.05, 3.63) is 59.7 Å². The molecule has 0 aliphatic rings. The minimum absolute atomic E-state index is 0.861. The SMILES string of the molecule is CCc1ccc(N=Cc2ccc(OC)cc2)cc1. The summed E-state index contributed by atoms with van der Waals surface area (Å²) >= 11 is 0. The molecule has 0 aromatic heterocycles. The molecule has 0 fully saturated rings. The summed E-state index contributed by atoms with van der Waals surface area (Å²) in [6, 6.07) is 16.1. The molecule has 0 aliphatic heterocycles. The molecule has 0 heterocycles. The minimum Gasteiger partial charge on any atom is -0.497 e. The fourth-order valence-electron chi connectivity index (χ4n) is 1.66. The zero-order valence-corrected chi connectivity index (χ0v) is 10.8. The van der Waals surface area contributed by atoms with Crippen molar-refractivity contribution < 1.29 is 4.74 Å². The minimum atomic E-state index is 0.861. The highest BCUT2D eigenvalue weighted by Gasteiger charge is 1.92. The van der Waals surface area contributed by atoms with Gasteiger partial charge in [-0.15, -0.1) is 0 Å². The first-order valence-electron chi connectivity index (χ1n) is 6.09. The largest absolute Gasteiger partial charge is 0.497 e. The Morgan fingerprint density at radius 1 is 1.00 bits per heavy atom. The van der Waals surface area contributed by atoms with Crippen molar-refractivity contribution in [3.8, 4) is 5.75 Å². The predicted molar refractivity (Wildman–Crippen MR) is 76.1 cm³/mol. The number of ether oxygens (including phenoxy) is 1. The van der Waals surface area contributed by atoms with E-state index in [0.29, 0.717) is 0 Å². The van der Waals surface area contributed by atoms with Crippen LogP contribution in [-0.2, 0) is 6.42 Å². The average Bonchev–Trinajstić information content (AvgIpc) is 2.46. The quantitative estimate of drug-likeness (QED) is 0.739. The van der Waals surface area contributed by atoms with Gasteiger partial charge in [-0.2, -0.15) is 0 Å². The van der Waals surface area contributed by atoms with Crippen molar-refractivity contribution in [2.45, 2.75) is 13.3 Å². The van der Waals surface area contributed by atoms with Crippen LogP contribution < -0.4 is 4.74 Å². The van der Waals surface area contributed by atoms with Crippen LogP contribution in [0.25, 0.3) is 0 Å². The summed E-state index contributed by atoms with van der Waals surface area (Å²) in [6.45, 7) is 2.15. The number of benzene rings is 2. The third-order valence-electron chi connectivity index (χ3n) is 2.82. The van der Waals surface area contributed by atoms with Gasteiger partial charge in [0.2, 0.25) is 0 Å². The van der Waals surface area contributed by atoms with Gasteiger partial charge in [0, 0.05) is 6.21 Å². The Balaban J connectivity index is 2.08. The molecule has 0 spiro atoms. The van der Waals surface area contributed by atoms with Crippen LogP contribution in [-0.4, -0.2) is 13.3 Å². The zero-order chi connectivity index (χ0) is 12.8. The molecule has 2 aromatic rings. The summed E-state index contributed by atoms with van der Waals surface area (Å²) in [5.74, 6) is 0.861. The maximum absolute atomic E-state index is 5.11. The monoisotopic (exact) mass is 239 g/mol. The van der Waals surface area contributed by atoms with Crippen molar-refractivity contribution in [2.75, 3.05) is 7.11 Å². The van der Waals surface area contributed by atoms with E-state index in [2.05, 4.69) is 24.0 Å². The highest BCUT2D eigenvalue weighted by Crippen LogP contribution is 2.14. The Bertz CT molecular complexity index is 462. The van der Waals surface area contributed by atoms with Crippen LogP contribution in [0.2, 0.25) is 0 Å². The maximum Gasteiger partial charge on any atom is 0.118 e. The van der Waals surface area contributed by atoms with Gasteiger partial charge < -0.3 is 4.74 Å². The van der Waals surface area contributed by atoms with E-state index in [9.17, 15) is 0 Å². The number of methoxy groups -OCH3 is 1. The first-order valence-corrected chi connectivity index (χ1v) is 6.09. The Morgan fingerprint density at radius 3 is 2.22 bits per heavy atom. The van der Waals surface area contributed by atoms with Gasteiger partial charge in [0.15, 0.2) is 0 Å². The third-order valence-corrected chi connectivity index (χ3v) is 2.82. The van der Waals surface area contributed by atoms with Crippen LogP contribution in [0.4, 0.5) is 5.69 Å². The molecule has 0 saturated carbocycles. The van der Waals surface area contributed by atoms with E-state index >= 15 is 0 Å². The molecule has 92 valence electrons. The van der Waals surface area contributed by atoms with E-state index in [-0.39, 0.29) is 0 Å². The second-order valence-corrected chi connectivity index (χ2v) is 4.05. The first-order chi connectivity index (χ1) is 8.81. The smallest absolute Gasteiger partial charge is 0.118 e. The molecule has 0 unspecified atom stereocenters. The summed E-state index contributed by atoms with van der Waals surface area (Å²) in [5.41, 5.74) is 3.37. The third kappa shape index (κ3) is 3.20. The van der Waals surface area contributed by atoms with Crippen molar-refractivity contribution in [3.63, 3.8) is 0 Å². The van der Waals surface area contributed by atoms with E-state index in [1.165, 1.54) is 5.56 Å². The number of hydrogen-bond donors (Lipinski definition) is 0. The fraction of sp³-hybridized carbons (Fsp3) is 0.188. The van der Waals surface area contributed by atoms with Crippen LogP contribution in [0, 0.1) is 0 Å². The Hall–Kier alpha value is -2.09. The Morgan fingerprint density at radius 2 is 1.67 bits per heavy atom. The van der Waals surface area contributed by atoms with Gasteiger partial charge in [-0.1, -0.05) is 19.1 Å². The molecule has 2 heteroatoms. The van der Waals surface area contributed by atoms with Crippen LogP contribution in [0.3, 0.4) is 0 Å². The van der Waals surface area contributed by atoms with E-state index < -0.39 is 0 Å². The lowest BCUT2D eigenvalue weighted by Gasteiger charge is -1.99. The van der Waals surface area contributed by atoms with Gasteiger partial charge in [-0.3, -0.25) is 4.99 Å². The molecule has 0 bridgehead atoms. The van der Waals surface area contributed by atoms with Crippen LogP contribution in [0.1, 0.15) is 18.1 Å². The van der Waals surface area contributed by atoms with Crippen LogP contribution in [0.15, 0.2) is 53.5 Å². The summed E-state index contributed by atoms with van der Waals surface area (Å²) in [6.07, 6.45) is 2.92. The highest BCUT2D eigenvalue weighted by atomic mass is 16.5. The number of aryl methyl sites for hydroxylation is 1.